The molecule has 0 aromatic rings. The molecular weight excluding hydrogens is 142 g/mol. The first-order valence-corrected chi connectivity index (χ1v) is 4.21. The molecule has 0 saturated carbocycles. The average Bonchev–Trinajstić information content (AvgIpc) is 2.05. The lowest BCUT2D eigenvalue weighted by Gasteiger charge is -2.22. The molecule has 0 fully saturated rings. The molecule has 0 radical (unpaired) electrons. The van der Waals surface area contributed by atoms with E-state index in [1.807, 2.05) is 0 Å². The zero-order chi connectivity index (χ0) is 7.40. The normalized spacial score (nSPS) is 17.5. The Bertz CT molecular complexity index is 151. The van der Waals surface area contributed by atoms with E-state index in [1.165, 1.54) is 12.8 Å². The molecule has 56 valence electrons. The summed E-state index contributed by atoms with van der Waals surface area (Å²) in [6, 6.07) is 0. The van der Waals surface area contributed by atoms with Gasteiger partial charge in [0.1, 0.15) is 0 Å². The van der Waals surface area contributed by atoms with Crippen molar-refractivity contribution >= 4 is 17.2 Å². The summed E-state index contributed by atoms with van der Waals surface area (Å²) in [6.45, 7) is 3.22. The summed E-state index contributed by atoms with van der Waals surface area (Å²) < 4.78 is 0. The summed E-state index contributed by atoms with van der Waals surface area (Å²) in [6.07, 6.45) is 7.74. The number of allylic oxidation sites excluding steroid dienone is 1. The van der Waals surface area contributed by atoms with Gasteiger partial charge in [-0.15, -0.1) is 0 Å². The molecule has 1 rings (SSSR count). The number of rotatable bonds is 1. The van der Waals surface area contributed by atoms with Crippen LogP contribution in [0.1, 0.15) is 26.2 Å². The highest BCUT2D eigenvalue weighted by molar-refractivity contribution is 7.80. The first-order valence-electron chi connectivity index (χ1n) is 3.80. The van der Waals surface area contributed by atoms with Crippen LogP contribution in [0.2, 0.25) is 0 Å². The minimum Gasteiger partial charge on any atom is -0.343 e. The lowest BCUT2D eigenvalue weighted by Crippen LogP contribution is -2.26. The Morgan fingerprint density at radius 2 is 2.50 bits per heavy atom. The van der Waals surface area contributed by atoms with Crippen LogP contribution in [0.4, 0.5) is 0 Å². The molecule has 0 N–H and O–H groups in total. The van der Waals surface area contributed by atoms with Crippen LogP contribution in [0.15, 0.2) is 12.3 Å². The highest BCUT2D eigenvalue weighted by Gasteiger charge is 2.05. The van der Waals surface area contributed by atoms with Crippen molar-refractivity contribution < 1.29 is 0 Å². The van der Waals surface area contributed by atoms with Gasteiger partial charge in [-0.1, -0.05) is 25.2 Å². The van der Waals surface area contributed by atoms with Crippen molar-refractivity contribution in [3.63, 3.8) is 0 Å². The number of thiocarbonyl (C=S) groups is 1. The van der Waals surface area contributed by atoms with Gasteiger partial charge in [-0.3, -0.25) is 0 Å². The maximum Gasteiger partial charge on any atom is 0.0816 e. The largest absolute Gasteiger partial charge is 0.343 e. The Morgan fingerprint density at radius 1 is 1.70 bits per heavy atom. The molecule has 0 bridgehead atoms. The van der Waals surface area contributed by atoms with Crippen molar-refractivity contribution in [1.29, 1.82) is 0 Å². The SMILES string of the molecule is CCC(=S)N1C=CCCC1. The predicted octanol–water partition coefficient (Wildman–Crippen LogP) is 2.33. The second-order valence-corrected chi connectivity index (χ2v) is 2.94. The molecule has 0 saturated heterocycles. The molecule has 10 heavy (non-hydrogen) atoms. The molecule has 0 unspecified atom stereocenters. The monoisotopic (exact) mass is 155 g/mol. The molecule has 1 heterocycles. The van der Waals surface area contributed by atoms with Crippen molar-refractivity contribution in [3.8, 4) is 0 Å². The van der Waals surface area contributed by atoms with Crippen LogP contribution < -0.4 is 0 Å². The maximum atomic E-state index is 5.15. The van der Waals surface area contributed by atoms with Gasteiger partial charge in [0, 0.05) is 12.7 Å². The van der Waals surface area contributed by atoms with Gasteiger partial charge in [0.15, 0.2) is 0 Å². The van der Waals surface area contributed by atoms with E-state index in [0.29, 0.717) is 0 Å². The van der Waals surface area contributed by atoms with E-state index in [2.05, 4.69) is 24.1 Å². The van der Waals surface area contributed by atoms with E-state index in [0.717, 1.165) is 18.0 Å². The summed E-state index contributed by atoms with van der Waals surface area (Å²) >= 11 is 5.15. The molecule has 1 aliphatic heterocycles. The van der Waals surface area contributed by atoms with E-state index >= 15 is 0 Å². The minimum absolute atomic E-state index is 0.986. The fraction of sp³-hybridized carbons (Fsp3) is 0.625. The molecule has 2 heteroatoms. The second-order valence-electron chi connectivity index (χ2n) is 2.47. The van der Waals surface area contributed by atoms with Crippen LogP contribution in [0.5, 0.6) is 0 Å². The molecular formula is C8H13NS. The van der Waals surface area contributed by atoms with Crippen LogP contribution in [0.25, 0.3) is 0 Å². The quantitative estimate of drug-likeness (QED) is 0.535. The van der Waals surface area contributed by atoms with Gasteiger partial charge in [-0.25, -0.2) is 0 Å². The third-order valence-electron chi connectivity index (χ3n) is 1.68. The number of hydrogen-bond donors (Lipinski definition) is 0. The standard InChI is InChI=1S/C8H13NS/c1-2-8(10)9-6-4-3-5-7-9/h4,6H,2-3,5,7H2,1H3. The molecule has 1 aliphatic rings. The zero-order valence-electron chi connectivity index (χ0n) is 6.34. The number of hydrogen-bond acceptors (Lipinski definition) is 1. The Hall–Kier alpha value is -0.370. The van der Waals surface area contributed by atoms with E-state index < -0.39 is 0 Å². The van der Waals surface area contributed by atoms with Gasteiger partial charge in [0.05, 0.1) is 4.99 Å². The molecule has 0 aromatic carbocycles. The molecule has 0 spiro atoms. The van der Waals surface area contributed by atoms with Crippen LogP contribution in [0.3, 0.4) is 0 Å². The summed E-state index contributed by atoms with van der Waals surface area (Å²) in [5.74, 6) is 0. The third kappa shape index (κ3) is 1.81. The Kier molecular flexibility index (Phi) is 2.87. The minimum atomic E-state index is 0.986. The Balaban J connectivity index is 2.46. The van der Waals surface area contributed by atoms with Gasteiger partial charge in [0.2, 0.25) is 0 Å². The highest BCUT2D eigenvalue weighted by Crippen LogP contribution is 2.07. The first kappa shape index (κ1) is 7.73. The second kappa shape index (κ2) is 3.71. The van der Waals surface area contributed by atoms with E-state index in [-0.39, 0.29) is 0 Å². The lowest BCUT2D eigenvalue weighted by molar-refractivity contribution is 0.510. The molecule has 0 aromatic heterocycles. The summed E-state index contributed by atoms with van der Waals surface area (Å²) in [7, 11) is 0. The molecule has 0 amide bonds. The van der Waals surface area contributed by atoms with Crippen molar-refractivity contribution in [1.82, 2.24) is 4.90 Å². The molecule has 0 atom stereocenters. The van der Waals surface area contributed by atoms with Gasteiger partial charge < -0.3 is 4.90 Å². The van der Waals surface area contributed by atoms with Gasteiger partial charge in [-0.2, -0.15) is 0 Å². The van der Waals surface area contributed by atoms with Crippen molar-refractivity contribution in [2.75, 3.05) is 6.54 Å². The topological polar surface area (TPSA) is 3.24 Å². The molecule has 1 nitrogen and oxygen atoms in total. The van der Waals surface area contributed by atoms with E-state index in [1.54, 1.807) is 0 Å². The van der Waals surface area contributed by atoms with Crippen LogP contribution in [-0.2, 0) is 0 Å². The van der Waals surface area contributed by atoms with Crippen LogP contribution in [-0.4, -0.2) is 16.4 Å². The van der Waals surface area contributed by atoms with Gasteiger partial charge >= 0.3 is 0 Å². The van der Waals surface area contributed by atoms with Gasteiger partial charge in [0.25, 0.3) is 0 Å². The Labute approximate surface area is 67.7 Å². The van der Waals surface area contributed by atoms with Gasteiger partial charge in [-0.05, 0) is 19.3 Å². The third-order valence-corrected chi connectivity index (χ3v) is 2.20. The fourth-order valence-corrected chi connectivity index (χ4v) is 1.22. The maximum absolute atomic E-state index is 5.15. The highest BCUT2D eigenvalue weighted by atomic mass is 32.1. The first-order chi connectivity index (χ1) is 4.84. The van der Waals surface area contributed by atoms with Crippen molar-refractivity contribution in [2.24, 2.45) is 0 Å². The summed E-state index contributed by atoms with van der Waals surface area (Å²) in [4.78, 5) is 3.23. The fourth-order valence-electron chi connectivity index (χ4n) is 1.07. The molecule has 0 aliphatic carbocycles. The lowest BCUT2D eigenvalue weighted by atomic mass is 10.2. The average molecular weight is 155 g/mol. The van der Waals surface area contributed by atoms with Crippen LogP contribution in [0, 0.1) is 0 Å². The van der Waals surface area contributed by atoms with E-state index in [4.69, 9.17) is 12.2 Å². The smallest absolute Gasteiger partial charge is 0.0816 e. The Morgan fingerprint density at radius 3 is 3.00 bits per heavy atom. The number of nitrogens with zero attached hydrogens (tertiary/aromatic N) is 1. The van der Waals surface area contributed by atoms with Crippen molar-refractivity contribution in [3.05, 3.63) is 12.3 Å². The summed E-state index contributed by atoms with van der Waals surface area (Å²) in [5.41, 5.74) is 0. The van der Waals surface area contributed by atoms with Crippen molar-refractivity contribution in [2.45, 2.75) is 26.2 Å². The van der Waals surface area contributed by atoms with E-state index in [9.17, 15) is 0 Å². The zero-order valence-corrected chi connectivity index (χ0v) is 7.16. The van der Waals surface area contributed by atoms with Crippen LogP contribution >= 0.6 is 12.2 Å². The predicted molar refractivity (Wildman–Crippen MR) is 48.0 cm³/mol. The summed E-state index contributed by atoms with van der Waals surface area (Å²) in [5, 5.41) is 0.